The van der Waals surface area contributed by atoms with Crippen LogP contribution < -0.4 is 4.74 Å². The van der Waals surface area contributed by atoms with Gasteiger partial charge in [0.1, 0.15) is 24.7 Å². The molecule has 0 N–H and O–H groups in total. The number of thiazole rings is 1. The highest BCUT2D eigenvalue weighted by Crippen LogP contribution is 2.31. The van der Waals surface area contributed by atoms with Gasteiger partial charge in [-0.1, -0.05) is 11.3 Å². The first kappa shape index (κ1) is 12.4. The van der Waals surface area contributed by atoms with Gasteiger partial charge < -0.3 is 9.15 Å². The molecule has 0 radical (unpaired) electrons. The molecular weight excluding hydrogens is 291 g/mol. The zero-order chi connectivity index (χ0) is 14.2. The third-order valence-electron chi connectivity index (χ3n) is 3.19. The van der Waals surface area contributed by atoms with Gasteiger partial charge in [0.25, 0.3) is 0 Å². The lowest BCUT2D eigenvalue weighted by molar-refractivity contribution is 0.273. The molecule has 4 rings (SSSR count). The maximum Gasteiger partial charge on any atom is 0.195 e. The molecular formula is C15H11FN2O2S. The Balaban J connectivity index is 1.79. The van der Waals surface area contributed by atoms with Crippen molar-refractivity contribution in [1.82, 2.24) is 9.38 Å². The predicted octanol–water partition coefficient (Wildman–Crippen LogP) is 4.16. The minimum Gasteiger partial charge on any atom is -0.491 e. The minimum atomic E-state index is -0.488. The summed E-state index contributed by atoms with van der Waals surface area (Å²) in [7, 11) is 0. The average Bonchev–Trinajstić information content (AvgIpc) is 3.19. The van der Waals surface area contributed by atoms with Crippen LogP contribution in [0.2, 0.25) is 0 Å². The van der Waals surface area contributed by atoms with E-state index in [1.165, 1.54) is 0 Å². The van der Waals surface area contributed by atoms with Crippen molar-refractivity contribution < 1.29 is 13.5 Å². The molecule has 0 amide bonds. The first-order chi connectivity index (χ1) is 10.3. The third kappa shape index (κ3) is 2.08. The van der Waals surface area contributed by atoms with Crippen molar-refractivity contribution in [3.05, 3.63) is 42.8 Å². The Bertz CT molecular complexity index is 895. The number of halogens is 1. The van der Waals surface area contributed by atoms with E-state index in [4.69, 9.17) is 9.15 Å². The molecule has 0 aliphatic rings. The summed E-state index contributed by atoms with van der Waals surface area (Å²) in [5, 5.41) is 0. The van der Waals surface area contributed by atoms with E-state index in [1.54, 1.807) is 17.6 Å². The van der Waals surface area contributed by atoms with Gasteiger partial charge in [0, 0.05) is 6.20 Å². The van der Waals surface area contributed by atoms with Crippen LogP contribution in [0, 0.1) is 0 Å². The molecule has 0 saturated heterocycles. The maximum absolute atomic E-state index is 12.1. The second kappa shape index (κ2) is 4.89. The van der Waals surface area contributed by atoms with E-state index in [0.717, 1.165) is 26.6 Å². The van der Waals surface area contributed by atoms with Crippen LogP contribution in [0.3, 0.4) is 0 Å². The molecule has 0 spiro atoms. The third-order valence-corrected chi connectivity index (χ3v) is 4.20. The van der Waals surface area contributed by atoms with Crippen LogP contribution in [-0.4, -0.2) is 22.7 Å². The van der Waals surface area contributed by atoms with Crippen LogP contribution in [0.25, 0.3) is 26.6 Å². The summed E-state index contributed by atoms with van der Waals surface area (Å²) in [6, 6.07) is 9.44. The molecule has 6 heteroatoms. The van der Waals surface area contributed by atoms with Crippen LogP contribution in [-0.2, 0) is 0 Å². The number of benzene rings is 1. The molecule has 1 aromatic carbocycles. The number of rotatable bonds is 4. The fourth-order valence-electron chi connectivity index (χ4n) is 2.27. The van der Waals surface area contributed by atoms with Crippen LogP contribution >= 0.6 is 11.3 Å². The summed E-state index contributed by atoms with van der Waals surface area (Å²) >= 11 is 1.56. The quantitative estimate of drug-likeness (QED) is 0.568. The molecule has 21 heavy (non-hydrogen) atoms. The van der Waals surface area contributed by atoms with Gasteiger partial charge in [-0.25, -0.2) is 9.37 Å². The summed E-state index contributed by atoms with van der Waals surface area (Å²) in [6.45, 7) is -0.408. The highest BCUT2D eigenvalue weighted by Gasteiger charge is 2.12. The lowest BCUT2D eigenvalue weighted by Gasteiger charge is -2.02. The standard InChI is InChI=1S/C15H11FN2O2S/c16-5-7-19-10-3-4-12-14(8-10)21-15-17-11(9-18(12)15)13-2-1-6-20-13/h1-4,6,8-9H,5,7H2. The number of alkyl halides is 1. The van der Waals surface area contributed by atoms with Crippen molar-refractivity contribution in [3.8, 4) is 17.2 Å². The minimum absolute atomic E-state index is 0.0800. The number of aromatic nitrogens is 2. The number of imidazole rings is 1. The Morgan fingerprint density at radius 2 is 2.29 bits per heavy atom. The second-order valence-electron chi connectivity index (χ2n) is 4.53. The molecule has 0 atom stereocenters. The van der Waals surface area contributed by atoms with Gasteiger partial charge in [-0.05, 0) is 30.3 Å². The predicted molar refractivity (Wildman–Crippen MR) is 79.7 cm³/mol. The number of ether oxygens (including phenoxy) is 1. The molecule has 106 valence electrons. The zero-order valence-electron chi connectivity index (χ0n) is 11.0. The summed E-state index contributed by atoms with van der Waals surface area (Å²) < 4.78 is 25.9. The maximum atomic E-state index is 12.1. The van der Waals surface area contributed by atoms with Crippen molar-refractivity contribution >= 4 is 26.5 Å². The van der Waals surface area contributed by atoms with E-state index in [9.17, 15) is 4.39 Å². The number of fused-ring (bicyclic) bond motifs is 3. The zero-order valence-corrected chi connectivity index (χ0v) is 11.8. The van der Waals surface area contributed by atoms with Crippen molar-refractivity contribution in [1.29, 1.82) is 0 Å². The first-order valence-electron chi connectivity index (χ1n) is 6.49. The van der Waals surface area contributed by atoms with Gasteiger partial charge in [-0.2, -0.15) is 0 Å². The summed E-state index contributed by atoms with van der Waals surface area (Å²) in [5.74, 6) is 1.43. The molecule has 0 bridgehead atoms. The van der Waals surface area contributed by atoms with Gasteiger partial charge in [0.2, 0.25) is 0 Å². The van der Waals surface area contributed by atoms with Crippen LogP contribution in [0.15, 0.2) is 47.2 Å². The van der Waals surface area contributed by atoms with E-state index < -0.39 is 6.67 Å². The van der Waals surface area contributed by atoms with E-state index >= 15 is 0 Å². The Hall–Kier alpha value is -2.34. The SMILES string of the molecule is FCCOc1ccc2c(c1)sc1nc(-c3ccco3)cn12. The Kier molecular flexibility index (Phi) is 2.89. The molecule has 4 aromatic rings. The fourth-order valence-corrected chi connectivity index (χ4v) is 3.31. The van der Waals surface area contributed by atoms with Crippen molar-refractivity contribution in [3.63, 3.8) is 0 Å². The normalized spacial score (nSPS) is 11.5. The second-order valence-corrected chi connectivity index (χ2v) is 5.53. The fraction of sp³-hybridized carbons (Fsp3) is 0.133. The largest absolute Gasteiger partial charge is 0.491 e. The van der Waals surface area contributed by atoms with Crippen molar-refractivity contribution in [2.24, 2.45) is 0 Å². The molecule has 3 aromatic heterocycles. The van der Waals surface area contributed by atoms with Gasteiger partial charge in [0.15, 0.2) is 10.7 Å². The average molecular weight is 302 g/mol. The monoisotopic (exact) mass is 302 g/mol. The van der Waals surface area contributed by atoms with Crippen LogP contribution in [0.1, 0.15) is 0 Å². The highest BCUT2D eigenvalue weighted by atomic mass is 32.1. The van der Waals surface area contributed by atoms with E-state index in [0.29, 0.717) is 5.75 Å². The summed E-state index contributed by atoms with van der Waals surface area (Å²) in [6.07, 6.45) is 3.59. The molecule has 0 saturated carbocycles. The first-order valence-corrected chi connectivity index (χ1v) is 7.31. The lowest BCUT2D eigenvalue weighted by Crippen LogP contribution is -1.98. The molecule has 3 heterocycles. The topological polar surface area (TPSA) is 39.7 Å². The molecule has 0 aliphatic heterocycles. The molecule has 4 nitrogen and oxygen atoms in total. The Morgan fingerprint density at radius 1 is 1.33 bits per heavy atom. The van der Waals surface area contributed by atoms with E-state index in [-0.39, 0.29) is 6.61 Å². The van der Waals surface area contributed by atoms with Gasteiger partial charge in [-0.3, -0.25) is 4.40 Å². The van der Waals surface area contributed by atoms with Crippen molar-refractivity contribution in [2.45, 2.75) is 0 Å². The van der Waals surface area contributed by atoms with Crippen molar-refractivity contribution in [2.75, 3.05) is 13.3 Å². The number of hydrogen-bond acceptors (Lipinski definition) is 4. The van der Waals surface area contributed by atoms with Crippen LogP contribution in [0.4, 0.5) is 4.39 Å². The summed E-state index contributed by atoms with van der Waals surface area (Å²) in [4.78, 5) is 5.46. The molecule has 0 aliphatic carbocycles. The number of furan rings is 1. The van der Waals surface area contributed by atoms with Crippen LogP contribution in [0.5, 0.6) is 5.75 Å². The highest BCUT2D eigenvalue weighted by molar-refractivity contribution is 7.23. The number of hydrogen-bond donors (Lipinski definition) is 0. The Labute approximate surface area is 123 Å². The van der Waals surface area contributed by atoms with E-state index in [1.807, 2.05) is 40.9 Å². The molecule has 0 fully saturated rings. The van der Waals surface area contributed by atoms with Gasteiger partial charge in [-0.15, -0.1) is 0 Å². The summed E-state index contributed by atoms with van der Waals surface area (Å²) in [5.41, 5.74) is 1.86. The smallest absolute Gasteiger partial charge is 0.195 e. The Morgan fingerprint density at radius 3 is 3.10 bits per heavy atom. The van der Waals surface area contributed by atoms with Gasteiger partial charge >= 0.3 is 0 Å². The lowest BCUT2D eigenvalue weighted by atomic mass is 10.3. The van der Waals surface area contributed by atoms with Gasteiger partial charge in [0.05, 0.1) is 16.5 Å². The van der Waals surface area contributed by atoms with E-state index in [2.05, 4.69) is 4.98 Å². The number of nitrogens with zero attached hydrogens (tertiary/aromatic N) is 2. The molecule has 0 unspecified atom stereocenters.